The summed E-state index contributed by atoms with van der Waals surface area (Å²) < 4.78 is 30.2. The zero-order chi connectivity index (χ0) is 31.0. The minimum Gasteiger partial charge on any atom is -0.374 e. The van der Waals surface area contributed by atoms with Gasteiger partial charge in [-0.2, -0.15) is 10.2 Å². The molecule has 2 aromatic heterocycles. The Hall–Kier alpha value is -3.39. The van der Waals surface area contributed by atoms with E-state index in [1.165, 1.54) is 17.7 Å². The number of anilines is 2. The van der Waals surface area contributed by atoms with Crippen LogP contribution in [-0.2, 0) is 26.9 Å². The van der Waals surface area contributed by atoms with Crippen LogP contribution in [0.4, 0.5) is 20.2 Å². The van der Waals surface area contributed by atoms with E-state index in [2.05, 4.69) is 39.2 Å². The molecule has 0 radical (unpaired) electrons. The van der Waals surface area contributed by atoms with Crippen LogP contribution in [0.1, 0.15) is 63.7 Å². The Labute approximate surface area is 254 Å². The molecule has 4 heterocycles. The molecule has 2 aliphatic heterocycles. The smallest absolute Gasteiger partial charge is 0.264 e. The number of hydrogen-bond donors (Lipinski definition) is 0. The van der Waals surface area contributed by atoms with Gasteiger partial charge in [0.25, 0.3) is 6.43 Å². The highest BCUT2D eigenvalue weighted by atomic mass is 35.5. The summed E-state index contributed by atoms with van der Waals surface area (Å²) in [4.78, 5) is 4.33. The van der Waals surface area contributed by atoms with Gasteiger partial charge in [0.15, 0.2) is 0 Å². The van der Waals surface area contributed by atoms with Crippen molar-refractivity contribution in [1.29, 1.82) is 0 Å². The number of aryl methyl sites for hydroxylation is 4. The molecule has 0 amide bonds. The van der Waals surface area contributed by atoms with Crippen molar-refractivity contribution in [2.45, 2.75) is 59.8 Å². The summed E-state index contributed by atoms with van der Waals surface area (Å²) in [5.41, 5.74) is 8.32. The Balaban J connectivity index is 0.000000207. The Morgan fingerprint density at radius 3 is 1.60 bits per heavy atom. The van der Waals surface area contributed by atoms with Crippen LogP contribution in [0, 0.1) is 0 Å². The number of hydrogen-bond acceptors (Lipinski definition) is 4. The third kappa shape index (κ3) is 7.51. The Bertz CT molecular complexity index is 1440. The highest BCUT2D eigenvalue weighted by molar-refractivity contribution is 6.33. The maximum atomic E-state index is 13.4. The van der Waals surface area contributed by atoms with Gasteiger partial charge in [-0.25, -0.2) is 8.78 Å². The molecule has 0 fully saturated rings. The molecule has 42 heavy (non-hydrogen) atoms. The molecule has 0 bridgehead atoms. The van der Waals surface area contributed by atoms with Gasteiger partial charge in [-0.3, -0.25) is 9.36 Å². The second-order valence-electron chi connectivity index (χ2n) is 10.2. The number of fused-ring (bicyclic) bond motifs is 2. The van der Waals surface area contributed by atoms with E-state index in [4.69, 9.17) is 11.6 Å². The standard InChI is InChI=1S/C15H17F2N3.C14H16ClN3.2C2H6/c1-19-5-3-4-10-6-12(11-8-18-20(2)9-11)13(15(16)17)7-14(10)19;1-17-5-3-4-10-6-12(13(15)7-14(10)17)11-8-16-18(2)9-11;2*1-2/h6-9,15H,3-5H2,1-2H3;6-9H,3-5H2,1-2H3;2*1-2H3. The van der Waals surface area contributed by atoms with Crippen molar-refractivity contribution in [1.82, 2.24) is 19.6 Å². The van der Waals surface area contributed by atoms with Crippen molar-refractivity contribution in [2.24, 2.45) is 14.1 Å². The fourth-order valence-corrected chi connectivity index (χ4v) is 5.66. The number of benzene rings is 2. The normalized spacial score (nSPS) is 13.6. The molecule has 2 aliphatic rings. The molecule has 0 spiro atoms. The van der Waals surface area contributed by atoms with E-state index in [1.807, 2.05) is 60.3 Å². The Morgan fingerprint density at radius 2 is 1.14 bits per heavy atom. The molecule has 0 saturated heterocycles. The maximum Gasteiger partial charge on any atom is 0.264 e. The lowest BCUT2D eigenvalue weighted by Gasteiger charge is -2.29. The fourth-order valence-electron chi connectivity index (χ4n) is 5.39. The summed E-state index contributed by atoms with van der Waals surface area (Å²) in [6.45, 7) is 10.0. The van der Waals surface area contributed by atoms with Crippen LogP contribution in [0.15, 0.2) is 49.1 Å². The first-order valence-electron chi connectivity index (χ1n) is 14.9. The molecule has 0 saturated carbocycles. The predicted molar refractivity (Wildman–Crippen MR) is 173 cm³/mol. The minimum atomic E-state index is -2.48. The molecule has 0 atom stereocenters. The fraction of sp³-hybridized carbons (Fsp3) is 0.455. The van der Waals surface area contributed by atoms with E-state index in [9.17, 15) is 8.78 Å². The highest BCUT2D eigenvalue weighted by Crippen LogP contribution is 2.39. The van der Waals surface area contributed by atoms with Gasteiger partial charge in [-0.05, 0) is 66.6 Å². The van der Waals surface area contributed by atoms with E-state index in [-0.39, 0.29) is 5.56 Å². The number of halogens is 3. The van der Waals surface area contributed by atoms with Gasteiger partial charge in [-0.15, -0.1) is 0 Å². The Kier molecular flexibility index (Phi) is 12.0. The number of alkyl halides is 2. The van der Waals surface area contributed by atoms with E-state index in [1.54, 1.807) is 34.9 Å². The molecule has 2 aromatic carbocycles. The third-order valence-electron chi connectivity index (χ3n) is 7.39. The van der Waals surface area contributed by atoms with Crippen LogP contribution in [0.25, 0.3) is 22.3 Å². The van der Waals surface area contributed by atoms with Crippen molar-refractivity contribution >= 4 is 23.0 Å². The van der Waals surface area contributed by atoms with E-state index in [0.717, 1.165) is 65.3 Å². The summed E-state index contributed by atoms with van der Waals surface area (Å²) in [6.07, 6.45) is 9.13. The van der Waals surface area contributed by atoms with Crippen LogP contribution < -0.4 is 9.80 Å². The lowest BCUT2D eigenvalue weighted by molar-refractivity contribution is 0.152. The summed E-state index contributed by atoms with van der Waals surface area (Å²) in [5.74, 6) is 0. The zero-order valence-corrected chi connectivity index (χ0v) is 27.0. The van der Waals surface area contributed by atoms with Crippen LogP contribution >= 0.6 is 11.6 Å². The number of nitrogens with zero attached hydrogens (tertiary/aromatic N) is 6. The molecule has 6 rings (SSSR count). The highest BCUT2D eigenvalue weighted by Gasteiger charge is 2.22. The Morgan fingerprint density at radius 1 is 0.690 bits per heavy atom. The van der Waals surface area contributed by atoms with E-state index >= 15 is 0 Å². The minimum absolute atomic E-state index is 0.0884. The molecule has 0 aliphatic carbocycles. The lowest BCUT2D eigenvalue weighted by atomic mass is 9.93. The van der Waals surface area contributed by atoms with Crippen molar-refractivity contribution in [3.8, 4) is 22.3 Å². The zero-order valence-electron chi connectivity index (χ0n) is 26.3. The summed E-state index contributed by atoms with van der Waals surface area (Å²) >= 11 is 6.41. The average molecular weight is 599 g/mol. The quantitative estimate of drug-likeness (QED) is 0.237. The van der Waals surface area contributed by atoms with Gasteiger partial charge in [0.2, 0.25) is 0 Å². The summed E-state index contributed by atoms with van der Waals surface area (Å²) in [7, 11) is 7.79. The molecule has 9 heteroatoms. The molecule has 4 aromatic rings. The molecule has 6 nitrogen and oxygen atoms in total. The van der Waals surface area contributed by atoms with Gasteiger partial charge < -0.3 is 9.80 Å². The van der Waals surface area contributed by atoms with Gasteiger partial charge in [0, 0.05) is 87.3 Å². The van der Waals surface area contributed by atoms with E-state index in [0.29, 0.717) is 5.56 Å². The molecular weight excluding hydrogens is 554 g/mol. The second-order valence-corrected chi connectivity index (χ2v) is 10.6. The summed E-state index contributed by atoms with van der Waals surface area (Å²) in [5, 5.41) is 9.09. The SMILES string of the molecule is CC.CC.CN1CCCc2cc(-c3cnn(C)c3)c(C(F)F)cc21.CN1CCCc2cc(-c3cnn(C)c3)c(Cl)cc21. The van der Waals surface area contributed by atoms with Crippen molar-refractivity contribution in [2.75, 3.05) is 37.0 Å². The van der Waals surface area contributed by atoms with E-state index < -0.39 is 6.43 Å². The average Bonchev–Trinajstić information content (AvgIpc) is 3.63. The second kappa shape index (κ2) is 15.2. The topological polar surface area (TPSA) is 42.1 Å². The third-order valence-corrected chi connectivity index (χ3v) is 7.70. The van der Waals surface area contributed by atoms with Crippen molar-refractivity contribution < 1.29 is 8.78 Å². The molecule has 0 unspecified atom stereocenters. The number of rotatable bonds is 3. The first kappa shape index (κ1) is 33.1. The van der Waals surface area contributed by atoms with Gasteiger partial charge >= 0.3 is 0 Å². The van der Waals surface area contributed by atoms with Crippen LogP contribution in [0.5, 0.6) is 0 Å². The van der Waals surface area contributed by atoms with Gasteiger partial charge in [-0.1, -0.05) is 39.3 Å². The largest absolute Gasteiger partial charge is 0.374 e. The molecule has 228 valence electrons. The van der Waals surface area contributed by atoms with Crippen LogP contribution in [0.2, 0.25) is 5.02 Å². The van der Waals surface area contributed by atoms with Crippen molar-refractivity contribution in [3.63, 3.8) is 0 Å². The molecular formula is C33H45ClF2N6. The van der Waals surface area contributed by atoms with Crippen molar-refractivity contribution in [3.05, 3.63) is 70.8 Å². The monoisotopic (exact) mass is 598 g/mol. The van der Waals surface area contributed by atoms with Gasteiger partial charge in [0.05, 0.1) is 17.4 Å². The predicted octanol–water partition coefficient (Wildman–Crippen LogP) is 8.58. The number of aromatic nitrogens is 4. The van der Waals surface area contributed by atoms with Crippen LogP contribution in [0.3, 0.4) is 0 Å². The van der Waals surface area contributed by atoms with Crippen LogP contribution in [-0.4, -0.2) is 46.7 Å². The molecule has 0 N–H and O–H groups in total. The first-order chi connectivity index (χ1) is 20.2. The van der Waals surface area contributed by atoms with Gasteiger partial charge in [0.1, 0.15) is 0 Å². The lowest BCUT2D eigenvalue weighted by Crippen LogP contribution is -2.25. The first-order valence-corrected chi connectivity index (χ1v) is 15.3. The summed E-state index contributed by atoms with van der Waals surface area (Å²) in [6, 6.07) is 7.84. The maximum absolute atomic E-state index is 13.4.